The van der Waals surface area contributed by atoms with Crippen molar-refractivity contribution < 1.29 is 18.8 Å². The van der Waals surface area contributed by atoms with Crippen LogP contribution in [0.25, 0.3) is 0 Å². The number of hydrogen-bond donors (Lipinski definition) is 0. The molecule has 0 atom stereocenters. The molecule has 0 aliphatic heterocycles. The Morgan fingerprint density at radius 1 is 1.22 bits per heavy atom. The van der Waals surface area contributed by atoms with Gasteiger partial charge in [-0.25, -0.2) is 9.45 Å². The lowest BCUT2D eigenvalue weighted by Crippen LogP contribution is -2.25. The van der Waals surface area contributed by atoms with Gasteiger partial charge in [-0.1, -0.05) is 0 Å². The van der Waals surface area contributed by atoms with Gasteiger partial charge in [0.25, 0.3) is 0 Å². The maximum absolute atomic E-state index is 12.7. The predicted molar refractivity (Wildman–Crippen MR) is 64.4 cm³/mol. The molecule has 0 saturated carbocycles. The molecule has 5 heteroatoms. The number of ketones is 1. The van der Waals surface area contributed by atoms with Gasteiger partial charge in [-0.2, -0.15) is 0 Å². The van der Waals surface area contributed by atoms with Crippen LogP contribution in [0.1, 0.15) is 29.6 Å². The zero-order valence-corrected chi connectivity index (χ0v) is 10.5. The largest absolute Gasteiger partial charge is 0.294 e. The van der Waals surface area contributed by atoms with E-state index in [0.717, 1.165) is 5.06 Å². The van der Waals surface area contributed by atoms with Crippen LogP contribution >= 0.6 is 0 Å². The van der Waals surface area contributed by atoms with Gasteiger partial charge in [-0.05, 0) is 30.7 Å². The second kappa shape index (κ2) is 6.86. The Kier molecular flexibility index (Phi) is 5.45. The number of nitrogens with zero attached hydrogens (tertiary/aromatic N) is 1. The second-order valence-corrected chi connectivity index (χ2v) is 3.86. The zero-order valence-electron chi connectivity index (χ0n) is 10.5. The van der Waals surface area contributed by atoms with Crippen molar-refractivity contribution >= 4 is 11.7 Å². The molecule has 0 heterocycles. The highest BCUT2D eigenvalue weighted by Gasteiger charge is 2.10. The van der Waals surface area contributed by atoms with E-state index in [-0.39, 0.29) is 30.3 Å². The molecule has 4 nitrogen and oxygen atoms in total. The molecule has 0 saturated heterocycles. The van der Waals surface area contributed by atoms with Crippen molar-refractivity contribution in [2.45, 2.75) is 19.3 Å². The van der Waals surface area contributed by atoms with Crippen molar-refractivity contribution in [3.05, 3.63) is 35.6 Å². The van der Waals surface area contributed by atoms with Crippen molar-refractivity contribution in [1.82, 2.24) is 5.06 Å². The van der Waals surface area contributed by atoms with Crippen molar-refractivity contribution in [2.24, 2.45) is 0 Å². The van der Waals surface area contributed by atoms with E-state index in [4.69, 9.17) is 4.84 Å². The van der Waals surface area contributed by atoms with Crippen LogP contribution in [0.2, 0.25) is 0 Å². The predicted octanol–water partition coefficient (Wildman–Crippen LogP) is 2.20. The fraction of sp³-hybridized carbons (Fsp3) is 0.385. The lowest BCUT2D eigenvalue weighted by Gasteiger charge is -2.12. The van der Waals surface area contributed by atoms with Crippen LogP contribution in [0.4, 0.5) is 4.39 Å². The summed E-state index contributed by atoms with van der Waals surface area (Å²) in [6.45, 7) is 0. The fourth-order valence-corrected chi connectivity index (χ4v) is 1.44. The molecule has 0 unspecified atom stereocenters. The molecule has 0 bridgehead atoms. The molecule has 1 aromatic carbocycles. The number of carbonyl (C=O) groups excluding carboxylic acids is 2. The summed E-state index contributed by atoms with van der Waals surface area (Å²) in [7, 11) is 2.92. The first-order chi connectivity index (χ1) is 8.54. The zero-order chi connectivity index (χ0) is 13.5. The van der Waals surface area contributed by atoms with Crippen molar-refractivity contribution in [3.8, 4) is 0 Å². The van der Waals surface area contributed by atoms with Gasteiger partial charge in [-0.3, -0.25) is 14.4 Å². The molecule has 0 radical (unpaired) electrons. The molecule has 0 aliphatic rings. The van der Waals surface area contributed by atoms with Gasteiger partial charge >= 0.3 is 0 Å². The molecule has 98 valence electrons. The Hall–Kier alpha value is -1.75. The van der Waals surface area contributed by atoms with E-state index in [1.54, 1.807) is 0 Å². The van der Waals surface area contributed by atoms with Crippen molar-refractivity contribution in [2.75, 3.05) is 14.2 Å². The summed E-state index contributed by atoms with van der Waals surface area (Å²) < 4.78 is 12.7. The monoisotopic (exact) mass is 253 g/mol. The highest BCUT2D eigenvalue weighted by Crippen LogP contribution is 2.09. The third-order valence-corrected chi connectivity index (χ3v) is 2.59. The Bertz CT molecular complexity index is 417. The topological polar surface area (TPSA) is 46.6 Å². The molecular formula is C13H16FNO3. The molecule has 18 heavy (non-hydrogen) atoms. The number of hydroxylamine groups is 2. The molecule has 0 fully saturated rings. The van der Waals surface area contributed by atoms with Crippen LogP contribution in [0.15, 0.2) is 24.3 Å². The first kappa shape index (κ1) is 14.3. The lowest BCUT2D eigenvalue weighted by molar-refractivity contribution is -0.168. The van der Waals surface area contributed by atoms with Gasteiger partial charge in [0.15, 0.2) is 5.78 Å². The van der Waals surface area contributed by atoms with Crippen LogP contribution in [-0.2, 0) is 9.63 Å². The van der Waals surface area contributed by atoms with E-state index in [1.165, 1.54) is 38.4 Å². The van der Waals surface area contributed by atoms with Gasteiger partial charge < -0.3 is 0 Å². The van der Waals surface area contributed by atoms with Crippen molar-refractivity contribution in [3.63, 3.8) is 0 Å². The van der Waals surface area contributed by atoms with Gasteiger partial charge in [0.05, 0.1) is 7.11 Å². The minimum atomic E-state index is -0.372. The number of carbonyl (C=O) groups is 2. The molecular weight excluding hydrogens is 237 g/mol. The average molecular weight is 253 g/mol. The van der Waals surface area contributed by atoms with Crippen LogP contribution in [0.3, 0.4) is 0 Å². The van der Waals surface area contributed by atoms with Crippen molar-refractivity contribution in [1.29, 1.82) is 0 Å². The number of benzene rings is 1. The van der Waals surface area contributed by atoms with Gasteiger partial charge in [0, 0.05) is 25.5 Å². The van der Waals surface area contributed by atoms with E-state index in [9.17, 15) is 14.0 Å². The number of rotatable bonds is 6. The summed E-state index contributed by atoms with van der Waals surface area (Å²) in [5.74, 6) is -0.643. The summed E-state index contributed by atoms with van der Waals surface area (Å²) in [6.07, 6.45) is 0.953. The third kappa shape index (κ3) is 4.25. The number of amides is 1. The van der Waals surface area contributed by atoms with Crippen LogP contribution in [0.5, 0.6) is 0 Å². The highest BCUT2D eigenvalue weighted by molar-refractivity contribution is 5.96. The Labute approximate surface area is 105 Å². The molecule has 1 rings (SSSR count). The quantitative estimate of drug-likeness (QED) is 0.576. The summed E-state index contributed by atoms with van der Waals surface area (Å²) in [5, 5.41) is 1.13. The summed E-state index contributed by atoms with van der Waals surface area (Å²) >= 11 is 0. The SMILES string of the molecule is CON(C)C(=O)CCCC(=O)c1ccc(F)cc1. The van der Waals surface area contributed by atoms with Gasteiger partial charge in [0.2, 0.25) is 5.91 Å². The number of hydrogen-bond acceptors (Lipinski definition) is 3. The molecule has 0 aromatic heterocycles. The summed E-state index contributed by atoms with van der Waals surface area (Å²) in [4.78, 5) is 27.8. The first-order valence-corrected chi connectivity index (χ1v) is 5.64. The maximum Gasteiger partial charge on any atom is 0.245 e. The van der Waals surface area contributed by atoms with Gasteiger partial charge in [-0.15, -0.1) is 0 Å². The average Bonchev–Trinajstić information content (AvgIpc) is 2.38. The van der Waals surface area contributed by atoms with Crippen LogP contribution in [-0.4, -0.2) is 30.9 Å². The number of Topliss-reactive ketones (excluding diaryl/α,β-unsaturated/α-hetero) is 1. The molecule has 0 N–H and O–H groups in total. The highest BCUT2D eigenvalue weighted by atomic mass is 19.1. The minimum absolute atomic E-state index is 0.0946. The van der Waals surface area contributed by atoms with E-state index < -0.39 is 0 Å². The molecule has 1 amide bonds. The Balaban J connectivity index is 2.38. The smallest absolute Gasteiger partial charge is 0.245 e. The first-order valence-electron chi connectivity index (χ1n) is 5.64. The van der Waals surface area contributed by atoms with E-state index >= 15 is 0 Å². The fourth-order valence-electron chi connectivity index (χ4n) is 1.44. The van der Waals surface area contributed by atoms with Gasteiger partial charge in [0.1, 0.15) is 5.82 Å². The van der Waals surface area contributed by atoms with E-state index in [1.807, 2.05) is 0 Å². The number of halogens is 1. The molecule has 0 spiro atoms. The molecule has 1 aromatic rings. The normalized spacial score (nSPS) is 10.2. The second-order valence-electron chi connectivity index (χ2n) is 3.86. The Morgan fingerprint density at radius 3 is 2.39 bits per heavy atom. The van der Waals surface area contributed by atoms with Crippen LogP contribution in [0, 0.1) is 5.82 Å². The van der Waals surface area contributed by atoms with Crippen LogP contribution < -0.4 is 0 Å². The van der Waals surface area contributed by atoms with E-state index in [2.05, 4.69) is 0 Å². The summed E-state index contributed by atoms with van der Waals surface area (Å²) in [6, 6.07) is 5.38. The maximum atomic E-state index is 12.7. The van der Waals surface area contributed by atoms with E-state index in [0.29, 0.717) is 12.0 Å². The standard InChI is InChI=1S/C13H16FNO3/c1-15(18-2)13(17)5-3-4-12(16)10-6-8-11(14)9-7-10/h6-9H,3-5H2,1-2H3. The Morgan fingerprint density at radius 2 is 1.83 bits per heavy atom. The molecule has 0 aliphatic carbocycles. The summed E-state index contributed by atoms with van der Waals surface area (Å²) in [5.41, 5.74) is 0.462. The minimum Gasteiger partial charge on any atom is -0.294 e. The third-order valence-electron chi connectivity index (χ3n) is 2.59. The lowest BCUT2D eigenvalue weighted by atomic mass is 10.1.